The van der Waals surface area contributed by atoms with E-state index in [0.29, 0.717) is 11.6 Å². The number of hydrogen-bond donors (Lipinski definition) is 2. The van der Waals surface area contributed by atoms with Crippen molar-refractivity contribution in [3.05, 3.63) is 29.6 Å². The molecule has 1 aromatic heterocycles. The number of hydrogen-bond acceptors (Lipinski definition) is 3. The molecule has 0 aliphatic heterocycles. The van der Waals surface area contributed by atoms with Crippen LogP contribution in [0.5, 0.6) is 0 Å². The molecule has 1 heterocycles. The molecule has 1 aliphatic carbocycles. The van der Waals surface area contributed by atoms with E-state index in [1.54, 1.807) is 12.3 Å². The van der Waals surface area contributed by atoms with E-state index in [0.717, 1.165) is 24.8 Å². The average Bonchev–Trinajstić information content (AvgIpc) is 2.26. The molecule has 4 nitrogen and oxygen atoms in total. The number of nitrogens with zero attached hydrogens (tertiary/aromatic N) is 1. The number of carbonyl (C=O) groups is 1. The van der Waals surface area contributed by atoms with Gasteiger partial charge < -0.3 is 11.5 Å². The topological polar surface area (TPSA) is 82.0 Å². The highest BCUT2D eigenvalue weighted by Gasteiger charge is 2.33. The number of rotatable bonds is 2. The zero-order chi connectivity index (χ0) is 13.3. The first-order chi connectivity index (χ1) is 8.37. The zero-order valence-electron chi connectivity index (χ0n) is 11.0. The van der Waals surface area contributed by atoms with Crippen molar-refractivity contribution in [3.8, 4) is 0 Å². The van der Waals surface area contributed by atoms with Crippen molar-refractivity contribution in [3.63, 3.8) is 0 Å². The molecule has 0 aromatic carbocycles. The van der Waals surface area contributed by atoms with Crippen LogP contribution < -0.4 is 11.5 Å². The van der Waals surface area contributed by atoms with Crippen LogP contribution in [-0.2, 0) is 0 Å². The minimum Gasteiger partial charge on any atom is -0.364 e. The van der Waals surface area contributed by atoms with Crippen LogP contribution >= 0.6 is 0 Å². The van der Waals surface area contributed by atoms with Gasteiger partial charge in [0.15, 0.2) is 0 Å². The molecule has 2 unspecified atom stereocenters. The highest BCUT2D eigenvalue weighted by molar-refractivity contribution is 5.90. The predicted octanol–water partition coefficient (Wildman–Crippen LogP) is 1.80. The predicted molar refractivity (Wildman–Crippen MR) is 71.1 cm³/mol. The number of nitrogens with two attached hydrogens (primary N) is 2. The Kier molecular flexibility index (Phi) is 3.39. The minimum atomic E-state index is -0.476. The van der Waals surface area contributed by atoms with Crippen LogP contribution in [0.2, 0.25) is 0 Å². The summed E-state index contributed by atoms with van der Waals surface area (Å²) in [6, 6.07) is 4.00. The van der Waals surface area contributed by atoms with Crippen LogP contribution in [0.25, 0.3) is 0 Å². The van der Waals surface area contributed by atoms with Crippen LogP contribution in [-0.4, -0.2) is 16.9 Å². The van der Waals surface area contributed by atoms with E-state index in [4.69, 9.17) is 11.5 Å². The van der Waals surface area contributed by atoms with Gasteiger partial charge >= 0.3 is 0 Å². The Labute approximate surface area is 108 Å². The third-order valence-corrected chi connectivity index (χ3v) is 3.71. The third kappa shape index (κ3) is 2.88. The second kappa shape index (κ2) is 4.69. The molecule has 1 amide bonds. The van der Waals surface area contributed by atoms with Crippen LogP contribution in [0.15, 0.2) is 18.3 Å². The van der Waals surface area contributed by atoms with Crippen LogP contribution in [0.3, 0.4) is 0 Å². The fraction of sp³-hybridized carbons (Fsp3) is 0.571. The molecule has 0 bridgehead atoms. The van der Waals surface area contributed by atoms with Gasteiger partial charge in [-0.1, -0.05) is 13.8 Å². The highest BCUT2D eigenvalue weighted by Crippen LogP contribution is 2.42. The molecule has 4 N–H and O–H groups in total. The van der Waals surface area contributed by atoms with Crippen molar-refractivity contribution in [1.29, 1.82) is 0 Å². The van der Waals surface area contributed by atoms with E-state index in [1.165, 1.54) is 0 Å². The van der Waals surface area contributed by atoms with E-state index in [9.17, 15) is 4.79 Å². The van der Waals surface area contributed by atoms with Crippen molar-refractivity contribution < 1.29 is 4.79 Å². The Morgan fingerprint density at radius 1 is 1.44 bits per heavy atom. The fourth-order valence-electron chi connectivity index (χ4n) is 3.08. The molecule has 2 rings (SSSR count). The summed E-state index contributed by atoms with van der Waals surface area (Å²) in [4.78, 5) is 15.1. The first-order valence-corrected chi connectivity index (χ1v) is 6.39. The summed E-state index contributed by atoms with van der Waals surface area (Å²) in [5, 5.41) is 0. The van der Waals surface area contributed by atoms with Gasteiger partial charge in [0.1, 0.15) is 5.69 Å². The lowest BCUT2D eigenvalue weighted by atomic mass is 9.68. The Bertz CT molecular complexity index is 456. The second-order valence-electron chi connectivity index (χ2n) is 6.10. The lowest BCUT2D eigenvalue weighted by Gasteiger charge is -2.39. The van der Waals surface area contributed by atoms with Gasteiger partial charge in [-0.05, 0) is 48.3 Å². The number of carbonyl (C=O) groups excluding carboxylic acids is 1. The number of primary amides is 1. The van der Waals surface area contributed by atoms with E-state index < -0.39 is 5.91 Å². The van der Waals surface area contributed by atoms with Crippen molar-refractivity contribution in [2.45, 2.75) is 45.1 Å². The van der Waals surface area contributed by atoms with Crippen molar-refractivity contribution in [2.75, 3.05) is 0 Å². The van der Waals surface area contributed by atoms with Crippen molar-refractivity contribution >= 4 is 5.91 Å². The SMILES string of the molecule is CC1(C)CC(N)CC(c2ccnc(C(N)=O)c2)C1. The summed E-state index contributed by atoms with van der Waals surface area (Å²) in [5.41, 5.74) is 13.1. The van der Waals surface area contributed by atoms with Crippen LogP contribution in [0.4, 0.5) is 0 Å². The molecule has 4 heteroatoms. The summed E-state index contributed by atoms with van der Waals surface area (Å²) in [7, 11) is 0. The monoisotopic (exact) mass is 247 g/mol. The molecular formula is C14H21N3O. The van der Waals surface area contributed by atoms with Crippen LogP contribution in [0.1, 0.15) is 55.1 Å². The number of aromatic nitrogens is 1. The molecule has 2 atom stereocenters. The summed E-state index contributed by atoms with van der Waals surface area (Å²) in [6.45, 7) is 4.49. The molecule has 18 heavy (non-hydrogen) atoms. The maximum Gasteiger partial charge on any atom is 0.267 e. The normalized spacial score (nSPS) is 26.8. The van der Waals surface area contributed by atoms with Gasteiger partial charge in [-0.25, -0.2) is 0 Å². The molecule has 0 radical (unpaired) electrons. The summed E-state index contributed by atoms with van der Waals surface area (Å²) in [5.74, 6) is -0.0823. The Balaban J connectivity index is 2.25. The standard InChI is InChI=1S/C14H21N3O/c1-14(2)7-10(5-11(15)8-14)9-3-4-17-12(6-9)13(16)18/h3-4,6,10-11H,5,7-8,15H2,1-2H3,(H2,16,18). The number of pyridine rings is 1. The maximum atomic E-state index is 11.2. The Morgan fingerprint density at radius 2 is 2.17 bits per heavy atom. The second-order valence-corrected chi connectivity index (χ2v) is 6.10. The van der Waals surface area contributed by atoms with Gasteiger partial charge in [0.2, 0.25) is 0 Å². The van der Waals surface area contributed by atoms with Gasteiger partial charge in [0.25, 0.3) is 5.91 Å². The summed E-state index contributed by atoms with van der Waals surface area (Å²) < 4.78 is 0. The first kappa shape index (κ1) is 13.0. The number of amides is 1. The Morgan fingerprint density at radius 3 is 2.78 bits per heavy atom. The summed E-state index contributed by atoms with van der Waals surface area (Å²) in [6.07, 6.45) is 4.76. The lowest BCUT2D eigenvalue weighted by Crippen LogP contribution is -2.36. The van der Waals surface area contributed by atoms with Gasteiger partial charge in [0, 0.05) is 12.2 Å². The fourth-order valence-corrected chi connectivity index (χ4v) is 3.08. The largest absolute Gasteiger partial charge is 0.364 e. The van der Waals surface area contributed by atoms with E-state index >= 15 is 0 Å². The Hall–Kier alpha value is -1.42. The molecular weight excluding hydrogens is 226 g/mol. The molecule has 1 aliphatic rings. The molecule has 0 saturated heterocycles. The molecule has 1 aromatic rings. The van der Waals surface area contributed by atoms with Gasteiger partial charge in [0.05, 0.1) is 0 Å². The highest BCUT2D eigenvalue weighted by atomic mass is 16.1. The van der Waals surface area contributed by atoms with E-state index in [2.05, 4.69) is 18.8 Å². The first-order valence-electron chi connectivity index (χ1n) is 6.39. The van der Waals surface area contributed by atoms with Crippen LogP contribution in [0, 0.1) is 5.41 Å². The average molecular weight is 247 g/mol. The lowest BCUT2D eigenvalue weighted by molar-refractivity contribution is 0.0995. The quantitative estimate of drug-likeness (QED) is 0.836. The third-order valence-electron chi connectivity index (χ3n) is 3.71. The maximum absolute atomic E-state index is 11.2. The molecule has 98 valence electrons. The minimum absolute atomic E-state index is 0.226. The van der Waals surface area contributed by atoms with E-state index in [1.807, 2.05) is 6.07 Å². The zero-order valence-corrected chi connectivity index (χ0v) is 11.0. The van der Waals surface area contributed by atoms with Crippen molar-refractivity contribution in [2.24, 2.45) is 16.9 Å². The van der Waals surface area contributed by atoms with Gasteiger partial charge in [-0.3, -0.25) is 9.78 Å². The summed E-state index contributed by atoms with van der Waals surface area (Å²) >= 11 is 0. The smallest absolute Gasteiger partial charge is 0.267 e. The molecule has 1 saturated carbocycles. The van der Waals surface area contributed by atoms with E-state index in [-0.39, 0.29) is 11.5 Å². The molecule has 0 spiro atoms. The van der Waals surface area contributed by atoms with Crippen molar-refractivity contribution in [1.82, 2.24) is 4.98 Å². The van der Waals surface area contributed by atoms with Gasteiger partial charge in [-0.2, -0.15) is 0 Å². The van der Waals surface area contributed by atoms with Gasteiger partial charge in [-0.15, -0.1) is 0 Å². The molecule has 1 fully saturated rings.